The van der Waals surface area contributed by atoms with E-state index in [2.05, 4.69) is 16.2 Å². The first-order valence-electron chi connectivity index (χ1n) is 7.96. The molecule has 0 heterocycles. The Morgan fingerprint density at radius 3 is 2.37 bits per heavy atom. The van der Waals surface area contributed by atoms with Gasteiger partial charge in [0.1, 0.15) is 11.5 Å². The SMILES string of the molecule is COc1ccc(/C=C/C(=O)NC(=S)NNC(=O)COc2ccccc2)cc1. The summed E-state index contributed by atoms with van der Waals surface area (Å²) in [5.41, 5.74) is 5.60. The number of carbonyl (C=O) groups is 2. The lowest BCUT2D eigenvalue weighted by molar-refractivity contribution is -0.123. The van der Waals surface area contributed by atoms with E-state index < -0.39 is 11.8 Å². The summed E-state index contributed by atoms with van der Waals surface area (Å²) in [7, 11) is 1.58. The van der Waals surface area contributed by atoms with Gasteiger partial charge >= 0.3 is 0 Å². The number of benzene rings is 2. The molecule has 2 aromatic rings. The van der Waals surface area contributed by atoms with E-state index in [1.54, 1.807) is 49.6 Å². The Balaban J connectivity index is 1.68. The Morgan fingerprint density at radius 1 is 1.00 bits per heavy atom. The minimum Gasteiger partial charge on any atom is -0.497 e. The van der Waals surface area contributed by atoms with Crippen LogP contribution in [-0.2, 0) is 9.59 Å². The van der Waals surface area contributed by atoms with E-state index in [4.69, 9.17) is 21.7 Å². The van der Waals surface area contributed by atoms with Gasteiger partial charge in [0.25, 0.3) is 5.91 Å². The number of ether oxygens (including phenoxy) is 2. The molecule has 0 saturated heterocycles. The molecule has 0 radical (unpaired) electrons. The topological polar surface area (TPSA) is 88.7 Å². The molecule has 8 heteroatoms. The van der Waals surface area contributed by atoms with Gasteiger partial charge in [-0.25, -0.2) is 0 Å². The first kappa shape index (κ1) is 19.9. The quantitative estimate of drug-likeness (QED) is 0.399. The molecule has 27 heavy (non-hydrogen) atoms. The molecule has 140 valence electrons. The fourth-order valence-corrected chi connectivity index (χ4v) is 2.05. The van der Waals surface area contributed by atoms with Crippen molar-refractivity contribution in [2.24, 2.45) is 0 Å². The van der Waals surface area contributed by atoms with E-state index in [9.17, 15) is 9.59 Å². The maximum absolute atomic E-state index is 11.8. The average molecular weight is 385 g/mol. The number of nitrogens with one attached hydrogen (secondary N) is 3. The average Bonchev–Trinajstić information content (AvgIpc) is 2.70. The standard InChI is InChI=1S/C19H19N3O4S/c1-25-15-10-7-14(8-11-15)9-12-17(23)20-19(27)22-21-18(24)13-26-16-5-3-2-4-6-16/h2-12H,13H2,1H3,(H,21,24)(H2,20,22,23,27)/b12-9+. The number of hydrogen-bond acceptors (Lipinski definition) is 5. The second kappa shape index (κ2) is 10.6. The van der Waals surface area contributed by atoms with Crippen molar-refractivity contribution >= 4 is 35.2 Å². The number of methoxy groups -OCH3 is 1. The summed E-state index contributed by atoms with van der Waals surface area (Å²) in [6, 6.07) is 16.1. The van der Waals surface area contributed by atoms with Gasteiger partial charge in [-0.2, -0.15) is 0 Å². The Bertz CT molecular complexity index is 807. The normalized spacial score (nSPS) is 10.1. The Labute approximate surface area is 162 Å². The van der Waals surface area contributed by atoms with Gasteiger partial charge < -0.3 is 9.47 Å². The zero-order chi connectivity index (χ0) is 19.5. The van der Waals surface area contributed by atoms with Crippen molar-refractivity contribution in [2.75, 3.05) is 13.7 Å². The van der Waals surface area contributed by atoms with Crippen LogP contribution in [0.3, 0.4) is 0 Å². The van der Waals surface area contributed by atoms with Crippen LogP contribution in [0.1, 0.15) is 5.56 Å². The summed E-state index contributed by atoms with van der Waals surface area (Å²) in [5, 5.41) is 2.38. The van der Waals surface area contributed by atoms with Crippen LogP contribution < -0.4 is 25.6 Å². The van der Waals surface area contributed by atoms with Crippen molar-refractivity contribution in [3.8, 4) is 11.5 Å². The maximum atomic E-state index is 11.8. The first-order chi connectivity index (χ1) is 13.1. The molecule has 0 spiro atoms. The highest BCUT2D eigenvalue weighted by molar-refractivity contribution is 7.80. The summed E-state index contributed by atoms with van der Waals surface area (Å²) < 4.78 is 10.3. The second-order valence-electron chi connectivity index (χ2n) is 5.20. The van der Waals surface area contributed by atoms with Crippen molar-refractivity contribution < 1.29 is 19.1 Å². The van der Waals surface area contributed by atoms with Gasteiger partial charge in [0.2, 0.25) is 5.91 Å². The van der Waals surface area contributed by atoms with Crippen LogP contribution in [0, 0.1) is 0 Å². The van der Waals surface area contributed by atoms with E-state index in [-0.39, 0.29) is 11.7 Å². The van der Waals surface area contributed by atoms with E-state index in [0.29, 0.717) is 5.75 Å². The smallest absolute Gasteiger partial charge is 0.276 e. The summed E-state index contributed by atoms with van der Waals surface area (Å²) in [4.78, 5) is 23.5. The molecule has 2 amide bonds. The highest BCUT2D eigenvalue weighted by atomic mass is 32.1. The summed E-state index contributed by atoms with van der Waals surface area (Å²) in [5.74, 6) is 0.434. The molecule has 0 atom stereocenters. The van der Waals surface area contributed by atoms with Gasteiger partial charge in [-0.3, -0.25) is 25.8 Å². The summed E-state index contributed by atoms with van der Waals surface area (Å²) in [6.45, 7) is -0.190. The van der Waals surface area contributed by atoms with Gasteiger partial charge in [0, 0.05) is 6.08 Å². The Kier molecular flexibility index (Phi) is 7.80. The van der Waals surface area contributed by atoms with Crippen molar-refractivity contribution in [3.05, 3.63) is 66.2 Å². The first-order valence-corrected chi connectivity index (χ1v) is 8.37. The van der Waals surface area contributed by atoms with Crippen LogP contribution in [0.25, 0.3) is 6.08 Å². The minimum absolute atomic E-state index is 0.0348. The molecule has 0 aromatic heterocycles. The molecule has 0 bridgehead atoms. The van der Waals surface area contributed by atoms with E-state index in [0.717, 1.165) is 11.3 Å². The van der Waals surface area contributed by atoms with Crippen LogP contribution in [0.4, 0.5) is 0 Å². The van der Waals surface area contributed by atoms with Gasteiger partial charge in [-0.05, 0) is 48.1 Å². The van der Waals surface area contributed by atoms with Gasteiger partial charge in [-0.1, -0.05) is 30.3 Å². The van der Waals surface area contributed by atoms with Crippen molar-refractivity contribution in [1.29, 1.82) is 0 Å². The number of thiocarbonyl (C=S) groups is 1. The monoisotopic (exact) mass is 385 g/mol. The van der Waals surface area contributed by atoms with E-state index in [1.165, 1.54) is 6.08 Å². The molecule has 0 saturated carbocycles. The molecule has 0 fully saturated rings. The number of carbonyl (C=O) groups excluding carboxylic acids is 2. The molecule has 3 N–H and O–H groups in total. The fourth-order valence-electron chi connectivity index (χ4n) is 1.90. The fraction of sp³-hybridized carbons (Fsp3) is 0.105. The van der Waals surface area contributed by atoms with Crippen LogP contribution in [0.15, 0.2) is 60.7 Å². The third kappa shape index (κ3) is 7.57. The highest BCUT2D eigenvalue weighted by Crippen LogP contribution is 2.12. The van der Waals surface area contributed by atoms with E-state index in [1.807, 2.05) is 18.2 Å². The Morgan fingerprint density at radius 2 is 1.70 bits per heavy atom. The Hall–Kier alpha value is -3.39. The number of hydrogen-bond donors (Lipinski definition) is 3. The van der Waals surface area contributed by atoms with Crippen molar-refractivity contribution in [2.45, 2.75) is 0 Å². The van der Waals surface area contributed by atoms with Crippen LogP contribution in [-0.4, -0.2) is 30.6 Å². The number of amides is 2. The lowest BCUT2D eigenvalue weighted by atomic mass is 10.2. The van der Waals surface area contributed by atoms with Crippen LogP contribution in [0.2, 0.25) is 0 Å². The lowest BCUT2D eigenvalue weighted by Crippen LogP contribution is -2.49. The van der Waals surface area contributed by atoms with E-state index >= 15 is 0 Å². The molecule has 0 aliphatic heterocycles. The maximum Gasteiger partial charge on any atom is 0.276 e. The molecular weight excluding hydrogens is 366 g/mol. The van der Waals surface area contributed by atoms with Gasteiger partial charge in [0.15, 0.2) is 11.7 Å². The van der Waals surface area contributed by atoms with Gasteiger partial charge in [-0.15, -0.1) is 0 Å². The number of para-hydroxylation sites is 1. The molecule has 7 nitrogen and oxygen atoms in total. The third-order valence-electron chi connectivity index (χ3n) is 3.21. The molecule has 0 unspecified atom stereocenters. The molecule has 2 rings (SSSR count). The minimum atomic E-state index is -0.441. The molecule has 0 aliphatic carbocycles. The second-order valence-corrected chi connectivity index (χ2v) is 5.61. The largest absolute Gasteiger partial charge is 0.497 e. The number of rotatable bonds is 6. The summed E-state index contributed by atoms with van der Waals surface area (Å²) in [6.07, 6.45) is 2.96. The highest BCUT2D eigenvalue weighted by Gasteiger charge is 2.05. The third-order valence-corrected chi connectivity index (χ3v) is 3.41. The van der Waals surface area contributed by atoms with Crippen molar-refractivity contribution in [1.82, 2.24) is 16.2 Å². The number of hydrazine groups is 1. The zero-order valence-electron chi connectivity index (χ0n) is 14.6. The summed E-state index contributed by atoms with van der Waals surface area (Å²) >= 11 is 4.94. The van der Waals surface area contributed by atoms with Crippen molar-refractivity contribution in [3.63, 3.8) is 0 Å². The van der Waals surface area contributed by atoms with Crippen LogP contribution in [0.5, 0.6) is 11.5 Å². The molecular formula is C19H19N3O4S. The zero-order valence-corrected chi connectivity index (χ0v) is 15.4. The van der Waals surface area contributed by atoms with Crippen LogP contribution >= 0.6 is 12.2 Å². The molecule has 2 aromatic carbocycles. The molecule has 0 aliphatic rings. The van der Waals surface area contributed by atoms with Gasteiger partial charge in [0.05, 0.1) is 7.11 Å². The lowest BCUT2D eigenvalue weighted by Gasteiger charge is -2.10. The predicted octanol–water partition coefficient (Wildman–Crippen LogP) is 1.81. The predicted molar refractivity (Wildman–Crippen MR) is 106 cm³/mol.